The Hall–Kier alpha value is -5.17. The van der Waals surface area contributed by atoms with Gasteiger partial charge >= 0.3 is 5.76 Å². The number of H-pyrrole nitrogens is 1. The molecule has 7 rings (SSSR count). The van der Waals surface area contributed by atoms with Crippen LogP contribution in [-0.4, -0.2) is 19.7 Å². The maximum absolute atomic E-state index is 11.8. The van der Waals surface area contributed by atoms with Crippen LogP contribution in [0.25, 0.3) is 39.3 Å². The highest BCUT2D eigenvalue weighted by molar-refractivity contribution is 6.00. The van der Waals surface area contributed by atoms with Gasteiger partial charge in [0, 0.05) is 22.4 Å². The molecule has 0 atom stereocenters. The summed E-state index contributed by atoms with van der Waals surface area (Å²) >= 11 is 0. The first-order chi connectivity index (χ1) is 19.1. The molecule has 7 heteroatoms. The molecule has 0 bridgehead atoms. The molecule has 1 N–H and O–H groups in total. The fraction of sp³-hybridized carbons (Fsp3) is 0.0938. The molecule has 0 amide bonds. The van der Waals surface area contributed by atoms with E-state index in [9.17, 15) is 4.79 Å². The van der Waals surface area contributed by atoms with Crippen LogP contribution < -0.4 is 10.5 Å². The van der Waals surface area contributed by atoms with Crippen molar-refractivity contribution in [3.05, 3.63) is 130 Å². The molecule has 7 nitrogen and oxygen atoms in total. The van der Waals surface area contributed by atoms with Crippen LogP contribution >= 0.6 is 0 Å². The lowest BCUT2D eigenvalue weighted by atomic mass is 9.88. The lowest BCUT2D eigenvalue weighted by molar-refractivity contribution is 0.307. The third kappa shape index (κ3) is 3.78. The Bertz CT molecular complexity index is 1960. The predicted octanol–water partition coefficient (Wildman–Crippen LogP) is 6.55. The fourth-order valence-corrected chi connectivity index (χ4v) is 5.42. The zero-order chi connectivity index (χ0) is 26.5. The maximum atomic E-state index is 11.8. The number of aromatic nitrogens is 4. The van der Waals surface area contributed by atoms with Crippen molar-refractivity contribution in [2.75, 3.05) is 0 Å². The first kappa shape index (κ1) is 23.0. The Morgan fingerprint density at radius 1 is 0.949 bits per heavy atom. The van der Waals surface area contributed by atoms with Gasteiger partial charge < -0.3 is 4.74 Å². The number of aromatic amines is 1. The summed E-state index contributed by atoms with van der Waals surface area (Å²) < 4.78 is 13.4. The first-order valence-electron chi connectivity index (χ1n) is 12.7. The van der Waals surface area contributed by atoms with Gasteiger partial charge in [0.25, 0.3) is 0 Å². The van der Waals surface area contributed by atoms with E-state index in [1.807, 2.05) is 55.5 Å². The molecule has 6 aromatic rings. The summed E-state index contributed by atoms with van der Waals surface area (Å²) in [5.74, 6) is 1.47. The van der Waals surface area contributed by atoms with Crippen LogP contribution in [0, 0.1) is 6.92 Å². The van der Waals surface area contributed by atoms with Crippen molar-refractivity contribution in [2.24, 2.45) is 0 Å². The van der Waals surface area contributed by atoms with Crippen molar-refractivity contribution in [2.45, 2.75) is 20.5 Å². The van der Waals surface area contributed by atoms with Gasteiger partial charge in [0.2, 0.25) is 0 Å². The Labute approximate surface area is 224 Å². The normalized spacial score (nSPS) is 13.9. The number of fused-ring (bicyclic) bond motifs is 3. The van der Waals surface area contributed by atoms with E-state index in [4.69, 9.17) is 14.2 Å². The van der Waals surface area contributed by atoms with Gasteiger partial charge in [0.1, 0.15) is 18.2 Å². The van der Waals surface area contributed by atoms with Crippen molar-refractivity contribution in [3.63, 3.8) is 0 Å². The lowest BCUT2D eigenvalue weighted by Crippen LogP contribution is -2.03. The summed E-state index contributed by atoms with van der Waals surface area (Å²) in [6.45, 7) is 4.39. The van der Waals surface area contributed by atoms with E-state index < -0.39 is 5.76 Å². The summed E-state index contributed by atoms with van der Waals surface area (Å²) in [7, 11) is 0. The Balaban J connectivity index is 1.48. The zero-order valence-electron chi connectivity index (χ0n) is 21.4. The smallest absolute Gasteiger partial charge is 0.439 e. The number of benzene rings is 4. The van der Waals surface area contributed by atoms with Crippen LogP contribution in [0.4, 0.5) is 0 Å². The number of allylic oxidation sites excluding steroid dienone is 1. The number of hydrogen-bond donors (Lipinski definition) is 1. The summed E-state index contributed by atoms with van der Waals surface area (Å²) in [5.41, 5.74) is 9.79. The number of rotatable bonds is 3. The Morgan fingerprint density at radius 2 is 1.77 bits per heavy atom. The van der Waals surface area contributed by atoms with E-state index in [1.54, 1.807) is 0 Å². The maximum Gasteiger partial charge on any atom is 0.439 e. The molecular formula is C32H24N4O3. The van der Waals surface area contributed by atoms with Crippen LogP contribution in [0.5, 0.6) is 5.75 Å². The predicted molar refractivity (Wildman–Crippen MR) is 151 cm³/mol. The van der Waals surface area contributed by atoms with E-state index in [2.05, 4.69) is 64.1 Å². The van der Waals surface area contributed by atoms with Crippen molar-refractivity contribution >= 4 is 22.2 Å². The molecule has 0 spiro atoms. The molecule has 1 aliphatic heterocycles. The van der Waals surface area contributed by atoms with E-state index in [0.29, 0.717) is 12.4 Å². The second kappa shape index (κ2) is 8.99. The number of nitrogens with zero attached hydrogens (tertiary/aromatic N) is 3. The van der Waals surface area contributed by atoms with E-state index in [1.165, 1.54) is 0 Å². The first-order valence-corrected chi connectivity index (χ1v) is 12.7. The minimum Gasteiger partial charge on any atom is -0.488 e. The molecule has 1 aliphatic rings. The molecule has 39 heavy (non-hydrogen) atoms. The standard InChI is InChI=1S/C32H24N4O3/c1-19-9-8-14-27-28(19)29(20(2)30-34-32(37)39-35-30)24-16-15-23(17-22(24)18-38-27)36-26-13-7-6-12-25(26)33-31(36)21-10-4-3-5-11-21/h3-17H,18H2,1-2H3,(H,34,35,37)/b29-20+. The minimum absolute atomic E-state index is 0.388. The summed E-state index contributed by atoms with van der Waals surface area (Å²) in [5, 5.41) is 3.98. The molecule has 0 unspecified atom stereocenters. The Morgan fingerprint density at radius 3 is 2.59 bits per heavy atom. The highest BCUT2D eigenvalue weighted by atomic mass is 16.5. The average molecular weight is 513 g/mol. The van der Waals surface area contributed by atoms with Crippen LogP contribution in [0.2, 0.25) is 0 Å². The van der Waals surface area contributed by atoms with Gasteiger partial charge in [0.15, 0.2) is 5.82 Å². The van der Waals surface area contributed by atoms with Crippen LogP contribution in [0.1, 0.15) is 35.0 Å². The van der Waals surface area contributed by atoms with Gasteiger partial charge in [-0.1, -0.05) is 65.8 Å². The molecular weight excluding hydrogens is 488 g/mol. The summed E-state index contributed by atoms with van der Waals surface area (Å²) in [6, 6.07) is 30.8. The highest BCUT2D eigenvalue weighted by Gasteiger charge is 2.25. The largest absolute Gasteiger partial charge is 0.488 e. The SMILES string of the molecule is C/C(=C1/c2ccc(-n3c(-c4ccccc4)nc4ccccc43)cc2COc2cccc(C)c21)c1noc(=O)[nH]1. The topological polar surface area (TPSA) is 85.9 Å². The van der Waals surface area contributed by atoms with Crippen LogP contribution in [0.3, 0.4) is 0 Å². The van der Waals surface area contributed by atoms with Crippen molar-refractivity contribution in [1.29, 1.82) is 0 Å². The molecule has 3 heterocycles. The van der Waals surface area contributed by atoms with Gasteiger partial charge in [-0.2, -0.15) is 0 Å². The zero-order valence-corrected chi connectivity index (χ0v) is 21.4. The van der Waals surface area contributed by atoms with Crippen LogP contribution in [0.15, 0.2) is 100 Å². The second-order valence-electron chi connectivity index (χ2n) is 9.65. The molecule has 0 saturated heterocycles. The quantitative estimate of drug-likeness (QED) is 0.291. The second-order valence-corrected chi connectivity index (χ2v) is 9.65. The number of para-hydroxylation sites is 2. The number of imidazole rings is 1. The van der Waals surface area contributed by atoms with Gasteiger partial charge in [-0.05, 0) is 66.4 Å². The Kier molecular flexibility index (Phi) is 5.30. The lowest BCUT2D eigenvalue weighted by Gasteiger charge is -2.17. The average Bonchev–Trinajstić information content (AvgIpc) is 3.53. The third-order valence-corrected chi connectivity index (χ3v) is 7.25. The van der Waals surface area contributed by atoms with E-state index in [-0.39, 0.29) is 0 Å². The van der Waals surface area contributed by atoms with E-state index in [0.717, 1.165) is 67.3 Å². The number of ether oxygens (including phenoxy) is 1. The number of aryl methyl sites for hydroxylation is 1. The van der Waals surface area contributed by atoms with Gasteiger partial charge in [-0.3, -0.25) is 14.1 Å². The number of hydrogen-bond acceptors (Lipinski definition) is 5. The molecule has 0 saturated carbocycles. The van der Waals surface area contributed by atoms with Crippen molar-refractivity contribution < 1.29 is 9.26 Å². The van der Waals surface area contributed by atoms with E-state index >= 15 is 0 Å². The molecule has 190 valence electrons. The molecule has 0 fully saturated rings. The molecule has 0 radical (unpaired) electrons. The highest BCUT2D eigenvalue weighted by Crippen LogP contribution is 2.43. The molecule has 4 aromatic carbocycles. The molecule has 2 aromatic heterocycles. The van der Waals surface area contributed by atoms with Gasteiger partial charge in [0.05, 0.1) is 11.0 Å². The van der Waals surface area contributed by atoms with Crippen molar-refractivity contribution in [1.82, 2.24) is 19.7 Å². The summed E-state index contributed by atoms with van der Waals surface area (Å²) in [6.07, 6.45) is 0. The van der Waals surface area contributed by atoms with Gasteiger partial charge in [-0.25, -0.2) is 9.78 Å². The molecule has 0 aliphatic carbocycles. The summed E-state index contributed by atoms with van der Waals surface area (Å²) in [4.78, 5) is 19.5. The minimum atomic E-state index is -0.587. The monoisotopic (exact) mass is 512 g/mol. The van der Waals surface area contributed by atoms with Gasteiger partial charge in [-0.15, -0.1) is 0 Å². The van der Waals surface area contributed by atoms with Crippen molar-refractivity contribution in [3.8, 4) is 22.8 Å². The fourth-order valence-electron chi connectivity index (χ4n) is 5.42. The third-order valence-electron chi connectivity index (χ3n) is 7.25. The van der Waals surface area contributed by atoms with Crippen LogP contribution in [-0.2, 0) is 6.61 Å². The number of nitrogens with one attached hydrogen (secondary N) is 1.